The Morgan fingerprint density at radius 3 is 3.00 bits per heavy atom. The molecule has 0 saturated carbocycles. The molecule has 1 aliphatic rings. The van der Waals surface area contributed by atoms with Gasteiger partial charge < -0.3 is 10.1 Å². The molecule has 0 radical (unpaired) electrons. The van der Waals surface area contributed by atoms with E-state index < -0.39 is 6.04 Å². The third-order valence-corrected chi connectivity index (χ3v) is 6.64. The number of ether oxygens (including phenoxy) is 1. The maximum atomic E-state index is 13.2. The molecule has 2 heterocycles. The minimum absolute atomic E-state index is 0.136. The van der Waals surface area contributed by atoms with E-state index in [0.29, 0.717) is 29.3 Å². The largest absolute Gasteiger partial charge is 0.492 e. The van der Waals surface area contributed by atoms with Gasteiger partial charge in [-0.3, -0.25) is 14.2 Å². The second kappa shape index (κ2) is 7.99. The van der Waals surface area contributed by atoms with Crippen LogP contribution in [0.1, 0.15) is 43.7 Å². The second-order valence-corrected chi connectivity index (χ2v) is 8.67. The minimum Gasteiger partial charge on any atom is -0.492 e. The zero-order chi connectivity index (χ0) is 20.5. The molecule has 152 valence electrons. The maximum absolute atomic E-state index is 13.2. The Hall–Kier alpha value is -2.67. The topological polar surface area (TPSA) is 73.2 Å². The highest BCUT2D eigenvalue weighted by Gasteiger charge is 2.25. The molecule has 0 fully saturated rings. The van der Waals surface area contributed by atoms with Crippen molar-refractivity contribution in [2.45, 2.75) is 46.1 Å². The Labute approximate surface area is 173 Å². The van der Waals surface area contributed by atoms with Crippen molar-refractivity contribution in [3.63, 3.8) is 0 Å². The number of carbonyl (C=O) groups is 1. The van der Waals surface area contributed by atoms with Crippen molar-refractivity contribution < 1.29 is 9.53 Å². The van der Waals surface area contributed by atoms with Gasteiger partial charge in [-0.25, -0.2) is 4.98 Å². The zero-order valence-corrected chi connectivity index (χ0v) is 17.7. The first-order valence-corrected chi connectivity index (χ1v) is 10.8. The van der Waals surface area contributed by atoms with Crippen molar-refractivity contribution in [2.75, 3.05) is 11.9 Å². The summed E-state index contributed by atoms with van der Waals surface area (Å²) >= 11 is 1.61. The summed E-state index contributed by atoms with van der Waals surface area (Å²) in [7, 11) is 0. The highest BCUT2D eigenvalue weighted by atomic mass is 32.1. The van der Waals surface area contributed by atoms with Crippen LogP contribution in [0, 0.1) is 5.92 Å². The highest BCUT2D eigenvalue weighted by molar-refractivity contribution is 7.18. The lowest BCUT2D eigenvalue weighted by atomic mass is 9.89. The van der Waals surface area contributed by atoms with Crippen LogP contribution in [0.5, 0.6) is 5.75 Å². The molecule has 1 N–H and O–H groups in total. The van der Waals surface area contributed by atoms with Crippen molar-refractivity contribution >= 4 is 33.1 Å². The minimum atomic E-state index is -0.688. The quantitative estimate of drug-likeness (QED) is 0.684. The molecule has 0 aliphatic heterocycles. The van der Waals surface area contributed by atoms with Crippen LogP contribution < -0.4 is 15.6 Å². The number of aromatic nitrogens is 2. The Morgan fingerprint density at radius 1 is 1.41 bits per heavy atom. The van der Waals surface area contributed by atoms with Gasteiger partial charge in [0.25, 0.3) is 5.56 Å². The fourth-order valence-electron chi connectivity index (χ4n) is 3.83. The van der Waals surface area contributed by atoms with E-state index in [9.17, 15) is 9.59 Å². The summed E-state index contributed by atoms with van der Waals surface area (Å²) in [6.07, 6.45) is 4.48. The lowest BCUT2D eigenvalue weighted by Gasteiger charge is -2.18. The molecule has 29 heavy (non-hydrogen) atoms. The van der Waals surface area contributed by atoms with E-state index in [1.807, 2.05) is 25.1 Å². The molecule has 0 saturated heterocycles. The number of anilines is 1. The van der Waals surface area contributed by atoms with Crippen LogP contribution in [-0.4, -0.2) is 22.1 Å². The van der Waals surface area contributed by atoms with Gasteiger partial charge in [0.1, 0.15) is 16.6 Å². The molecular formula is C22H25N3O3S. The monoisotopic (exact) mass is 411 g/mol. The van der Waals surface area contributed by atoms with E-state index in [-0.39, 0.29) is 11.5 Å². The summed E-state index contributed by atoms with van der Waals surface area (Å²) in [6.45, 7) is 6.36. The number of fused-ring (bicyclic) bond motifs is 3. The molecule has 1 aromatic carbocycles. The van der Waals surface area contributed by atoms with Crippen LogP contribution in [0.4, 0.5) is 5.69 Å². The van der Waals surface area contributed by atoms with Crippen LogP contribution in [0.15, 0.2) is 35.4 Å². The average molecular weight is 412 g/mol. The Bertz CT molecular complexity index is 1120. The molecule has 0 unspecified atom stereocenters. The lowest BCUT2D eigenvalue weighted by Crippen LogP contribution is -2.32. The van der Waals surface area contributed by atoms with Gasteiger partial charge in [0.05, 0.1) is 24.0 Å². The Balaban J connectivity index is 1.65. The van der Waals surface area contributed by atoms with E-state index in [1.165, 1.54) is 15.8 Å². The van der Waals surface area contributed by atoms with Crippen LogP contribution in [0.3, 0.4) is 0 Å². The Morgan fingerprint density at radius 2 is 2.21 bits per heavy atom. The van der Waals surface area contributed by atoms with Gasteiger partial charge in [-0.15, -0.1) is 11.3 Å². The number of hydrogen-bond donors (Lipinski definition) is 1. The van der Waals surface area contributed by atoms with E-state index in [2.05, 4.69) is 17.2 Å². The van der Waals surface area contributed by atoms with Gasteiger partial charge >= 0.3 is 0 Å². The number of nitrogens with zero attached hydrogens (tertiary/aromatic N) is 2. The smallest absolute Gasteiger partial charge is 0.263 e. The van der Waals surface area contributed by atoms with Crippen molar-refractivity contribution in [2.24, 2.45) is 5.92 Å². The third-order valence-electron chi connectivity index (χ3n) is 5.48. The third kappa shape index (κ3) is 3.67. The fraction of sp³-hybridized carbons (Fsp3) is 0.409. The van der Waals surface area contributed by atoms with Gasteiger partial charge in [-0.1, -0.05) is 19.1 Å². The van der Waals surface area contributed by atoms with E-state index >= 15 is 0 Å². The first kappa shape index (κ1) is 19.6. The molecular weight excluding hydrogens is 386 g/mol. The van der Waals surface area contributed by atoms with Crippen molar-refractivity contribution in [3.05, 3.63) is 51.4 Å². The molecule has 0 spiro atoms. The average Bonchev–Trinajstić information content (AvgIpc) is 3.07. The van der Waals surface area contributed by atoms with Crippen molar-refractivity contribution in [1.82, 2.24) is 9.55 Å². The fourth-order valence-corrected chi connectivity index (χ4v) is 5.18. The second-order valence-electron chi connectivity index (χ2n) is 7.58. The van der Waals surface area contributed by atoms with Crippen LogP contribution in [0.25, 0.3) is 10.2 Å². The van der Waals surface area contributed by atoms with Crippen LogP contribution >= 0.6 is 11.3 Å². The standard InChI is InChI=1S/C22H25N3O3S/c1-4-28-17-8-6-5-7-16(17)24-20(26)14(3)25-12-23-21-19(22(25)27)15-10-9-13(2)11-18(15)29-21/h5-8,12-14H,4,9-11H2,1-3H3,(H,24,26)/t13-,14-/m0/s1. The molecule has 4 rings (SSSR count). The molecule has 0 bridgehead atoms. The maximum Gasteiger partial charge on any atom is 0.263 e. The summed E-state index contributed by atoms with van der Waals surface area (Å²) in [5, 5.41) is 3.57. The molecule has 2 atom stereocenters. The molecule has 1 amide bonds. The van der Waals surface area contributed by atoms with Crippen molar-refractivity contribution in [3.8, 4) is 5.75 Å². The van der Waals surface area contributed by atoms with Gasteiger partial charge in [0.2, 0.25) is 5.91 Å². The van der Waals surface area contributed by atoms with Crippen molar-refractivity contribution in [1.29, 1.82) is 0 Å². The zero-order valence-electron chi connectivity index (χ0n) is 16.9. The normalized spacial score (nSPS) is 17.0. The number of amides is 1. The highest BCUT2D eigenvalue weighted by Crippen LogP contribution is 2.35. The first-order valence-electron chi connectivity index (χ1n) is 10.0. The van der Waals surface area contributed by atoms with Gasteiger partial charge in [0, 0.05) is 4.88 Å². The summed E-state index contributed by atoms with van der Waals surface area (Å²) in [5.41, 5.74) is 1.59. The predicted octanol–water partition coefficient (Wildman–Crippen LogP) is 4.18. The van der Waals surface area contributed by atoms with E-state index in [0.717, 1.165) is 29.7 Å². The molecule has 7 heteroatoms. The molecule has 1 aliphatic carbocycles. The number of para-hydroxylation sites is 2. The number of carbonyl (C=O) groups excluding carboxylic acids is 1. The van der Waals surface area contributed by atoms with Gasteiger partial charge in [0.15, 0.2) is 0 Å². The van der Waals surface area contributed by atoms with E-state index in [1.54, 1.807) is 24.3 Å². The number of benzene rings is 1. The number of rotatable bonds is 5. The first-order chi connectivity index (χ1) is 14.0. The molecule has 3 aromatic rings. The van der Waals surface area contributed by atoms with Gasteiger partial charge in [-0.05, 0) is 56.7 Å². The number of thiophene rings is 1. The summed E-state index contributed by atoms with van der Waals surface area (Å²) in [4.78, 5) is 32.7. The predicted molar refractivity (Wildman–Crippen MR) is 116 cm³/mol. The van der Waals surface area contributed by atoms with Gasteiger partial charge in [-0.2, -0.15) is 0 Å². The summed E-state index contributed by atoms with van der Waals surface area (Å²) in [5.74, 6) is 0.962. The summed E-state index contributed by atoms with van der Waals surface area (Å²) in [6, 6.07) is 6.60. The number of aryl methyl sites for hydroxylation is 1. The Kier molecular flexibility index (Phi) is 5.41. The number of nitrogens with one attached hydrogen (secondary N) is 1. The van der Waals surface area contributed by atoms with Crippen LogP contribution in [-0.2, 0) is 17.6 Å². The van der Waals surface area contributed by atoms with Crippen LogP contribution in [0.2, 0.25) is 0 Å². The summed E-state index contributed by atoms with van der Waals surface area (Å²) < 4.78 is 7.01. The molecule has 6 nitrogen and oxygen atoms in total. The number of hydrogen-bond acceptors (Lipinski definition) is 5. The SMILES string of the molecule is CCOc1ccccc1NC(=O)[C@H](C)n1cnc2sc3c(c2c1=O)CC[C@H](C)C3. The van der Waals surface area contributed by atoms with E-state index in [4.69, 9.17) is 4.74 Å². The lowest BCUT2D eigenvalue weighted by molar-refractivity contribution is -0.118. The molecule has 2 aromatic heterocycles.